The van der Waals surface area contributed by atoms with Crippen LogP contribution in [0.2, 0.25) is 15.1 Å². The number of ether oxygens (including phenoxy) is 2. The van der Waals surface area contributed by atoms with E-state index in [4.69, 9.17) is 55.9 Å². The summed E-state index contributed by atoms with van der Waals surface area (Å²) < 4.78 is 12.1. The normalized spacial score (nSPS) is 14.9. The molecule has 0 spiro atoms. The highest BCUT2D eigenvalue weighted by Crippen LogP contribution is 2.33. The van der Waals surface area contributed by atoms with Crippen molar-refractivity contribution >= 4 is 46.4 Å². The van der Waals surface area contributed by atoms with Crippen LogP contribution >= 0.6 is 46.4 Å². The van der Waals surface area contributed by atoms with Crippen LogP contribution in [0.5, 0.6) is 5.75 Å². The fourth-order valence-corrected chi connectivity index (χ4v) is 4.57. The Morgan fingerprint density at radius 3 is 2.24 bits per heavy atom. The van der Waals surface area contributed by atoms with Gasteiger partial charge < -0.3 is 19.3 Å². The summed E-state index contributed by atoms with van der Waals surface area (Å²) in [4.78, 5) is 4.17. The second-order valence-electron chi connectivity index (χ2n) is 7.78. The maximum absolute atomic E-state index is 6.96. The van der Waals surface area contributed by atoms with Crippen molar-refractivity contribution in [2.75, 3.05) is 19.8 Å². The van der Waals surface area contributed by atoms with Crippen LogP contribution in [0.3, 0.4) is 0 Å². The van der Waals surface area contributed by atoms with E-state index in [0.29, 0.717) is 28.3 Å². The van der Waals surface area contributed by atoms with E-state index in [2.05, 4.69) is 4.90 Å². The minimum Gasteiger partial charge on any atom is -0.492 e. The van der Waals surface area contributed by atoms with Gasteiger partial charge in [0.1, 0.15) is 24.0 Å². The van der Waals surface area contributed by atoms with Gasteiger partial charge in [0, 0.05) is 33.0 Å². The fraction of sp³-hybridized carbons (Fsp3) is 0.231. The molecule has 2 atom stereocenters. The second kappa shape index (κ2) is 12.1. The van der Waals surface area contributed by atoms with Gasteiger partial charge in [-0.2, -0.15) is 0 Å². The standard InChI is InChI=1S/C26H24Cl4N2O2/c27-20-11-9-19(10-12-20)25(34-17-22-23(28)7-4-8-24(22)29)26(30)32-14-13-31(18-32)15-16-33-21-5-2-1-3-6-21/h1-14,25-26H,15-18H2. The smallest absolute Gasteiger partial charge is 0.135 e. The minimum absolute atomic E-state index is 0.223. The van der Waals surface area contributed by atoms with E-state index in [1.54, 1.807) is 18.2 Å². The molecule has 0 aliphatic carbocycles. The Bertz CT molecular complexity index is 1080. The zero-order valence-electron chi connectivity index (χ0n) is 18.3. The maximum Gasteiger partial charge on any atom is 0.135 e. The quantitative estimate of drug-likeness (QED) is 0.196. The van der Waals surface area contributed by atoms with E-state index in [0.717, 1.165) is 23.4 Å². The van der Waals surface area contributed by atoms with E-state index in [1.165, 1.54) is 0 Å². The first kappa shape index (κ1) is 25.0. The van der Waals surface area contributed by atoms with Gasteiger partial charge >= 0.3 is 0 Å². The summed E-state index contributed by atoms with van der Waals surface area (Å²) in [6.45, 7) is 2.14. The number of rotatable bonds is 10. The Hall–Kier alpha value is -2.08. The molecule has 0 saturated carbocycles. The molecule has 4 rings (SSSR count). The van der Waals surface area contributed by atoms with Gasteiger partial charge in [-0.05, 0) is 42.0 Å². The van der Waals surface area contributed by atoms with Crippen LogP contribution in [-0.4, -0.2) is 35.1 Å². The van der Waals surface area contributed by atoms with Gasteiger partial charge in [0.15, 0.2) is 0 Å². The van der Waals surface area contributed by atoms with Crippen molar-refractivity contribution in [1.82, 2.24) is 9.80 Å². The number of hydrogen-bond acceptors (Lipinski definition) is 4. The summed E-state index contributed by atoms with van der Waals surface area (Å²) in [6.07, 6.45) is 3.53. The zero-order chi connectivity index (χ0) is 23.9. The third-order valence-electron chi connectivity index (χ3n) is 5.44. The third-order valence-corrected chi connectivity index (χ3v) is 6.88. The molecule has 2 unspecified atom stereocenters. The molecule has 0 fully saturated rings. The molecule has 3 aromatic carbocycles. The lowest BCUT2D eigenvalue weighted by molar-refractivity contribution is 0.00654. The molecule has 4 nitrogen and oxygen atoms in total. The first-order valence-corrected chi connectivity index (χ1v) is 12.4. The maximum atomic E-state index is 6.96. The van der Waals surface area contributed by atoms with Crippen molar-refractivity contribution in [2.24, 2.45) is 0 Å². The molecule has 1 heterocycles. The van der Waals surface area contributed by atoms with Gasteiger partial charge in [0.2, 0.25) is 0 Å². The van der Waals surface area contributed by atoms with Crippen molar-refractivity contribution in [3.05, 3.63) is 111 Å². The third kappa shape index (κ3) is 6.53. The molecular weight excluding hydrogens is 514 g/mol. The number of hydrogen-bond donors (Lipinski definition) is 0. The fourth-order valence-electron chi connectivity index (χ4n) is 3.59. The summed E-state index contributed by atoms with van der Waals surface area (Å²) in [5.41, 5.74) is 1.16. The lowest BCUT2D eigenvalue weighted by Gasteiger charge is -2.31. The first-order valence-electron chi connectivity index (χ1n) is 10.8. The Balaban J connectivity index is 1.40. The molecule has 1 aliphatic rings. The number of halogens is 4. The number of para-hydroxylation sites is 1. The molecule has 0 bridgehead atoms. The minimum atomic E-state index is -0.473. The van der Waals surface area contributed by atoms with Crippen molar-refractivity contribution < 1.29 is 9.47 Å². The molecular formula is C26H24Cl4N2O2. The number of nitrogens with zero attached hydrogens (tertiary/aromatic N) is 2. The van der Waals surface area contributed by atoms with E-state index >= 15 is 0 Å². The van der Waals surface area contributed by atoms with E-state index in [1.807, 2.05) is 71.9 Å². The van der Waals surface area contributed by atoms with Gasteiger partial charge in [-0.15, -0.1) is 0 Å². The highest BCUT2D eigenvalue weighted by Gasteiger charge is 2.29. The van der Waals surface area contributed by atoms with Gasteiger partial charge in [0.05, 0.1) is 19.8 Å². The first-order chi connectivity index (χ1) is 16.5. The van der Waals surface area contributed by atoms with E-state index in [-0.39, 0.29) is 6.61 Å². The lowest BCUT2D eigenvalue weighted by atomic mass is 10.1. The SMILES string of the molecule is Clc1ccc(C(OCc2c(Cl)cccc2Cl)C(Cl)N2C=CN(CCOc3ccccc3)C2)cc1. The highest BCUT2D eigenvalue weighted by atomic mass is 35.5. The van der Waals surface area contributed by atoms with Crippen molar-refractivity contribution in [2.45, 2.75) is 18.2 Å². The highest BCUT2D eigenvalue weighted by molar-refractivity contribution is 6.36. The number of benzene rings is 3. The van der Waals surface area contributed by atoms with Crippen LogP contribution in [-0.2, 0) is 11.3 Å². The van der Waals surface area contributed by atoms with Crippen molar-refractivity contribution in [3.63, 3.8) is 0 Å². The average Bonchev–Trinajstić information content (AvgIpc) is 3.31. The van der Waals surface area contributed by atoms with Crippen LogP contribution in [0.15, 0.2) is 85.2 Å². The molecule has 8 heteroatoms. The lowest BCUT2D eigenvalue weighted by Crippen LogP contribution is -2.36. The Labute approximate surface area is 220 Å². The van der Waals surface area contributed by atoms with Crippen LogP contribution in [0.4, 0.5) is 0 Å². The predicted molar refractivity (Wildman–Crippen MR) is 140 cm³/mol. The topological polar surface area (TPSA) is 24.9 Å². The van der Waals surface area contributed by atoms with Gasteiger partial charge in [-0.1, -0.05) is 82.8 Å². The molecule has 0 saturated heterocycles. The largest absolute Gasteiger partial charge is 0.492 e. The molecule has 34 heavy (non-hydrogen) atoms. The van der Waals surface area contributed by atoms with Gasteiger partial charge in [0.25, 0.3) is 0 Å². The summed E-state index contributed by atoms with van der Waals surface area (Å²) >= 11 is 25.7. The van der Waals surface area contributed by atoms with Crippen molar-refractivity contribution in [3.8, 4) is 5.75 Å². The van der Waals surface area contributed by atoms with Crippen LogP contribution in [0, 0.1) is 0 Å². The number of alkyl halides is 1. The average molecular weight is 538 g/mol. The molecule has 0 N–H and O–H groups in total. The molecule has 3 aromatic rings. The molecule has 178 valence electrons. The Kier molecular flexibility index (Phi) is 8.87. The second-order valence-corrected chi connectivity index (χ2v) is 9.48. The molecule has 0 aromatic heterocycles. The van der Waals surface area contributed by atoms with Gasteiger partial charge in [-0.3, -0.25) is 0 Å². The summed E-state index contributed by atoms with van der Waals surface area (Å²) in [5, 5.41) is 1.76. The Morgan fingerprint density at radius 1 is 0.824 bits per heavy atom. The summed E-state index contributed by atoms with van der Waals surface area (Å²) in [7, 11) is 0. The molecule has 1 aliphatic heterocycles. The van der Waals surface area contributed by atoms with Gasteiger partial charge in [-0.25, -0.2) is 0 Å². The van der Waals surface area contributed by atoms with E-state index < -0.39 is 11.6 Å². The monoisotopic (exact) mass is 536 g/mol. The molecule has 0 amide bonds. The Morgan fingerprint density at radius 2 is 1.53 bits per heavy atom. The van der Waals surface area contributed by atoms with Crippen LogP contribution < -0.4 is 4.74 Å². The van der Waals surface area contributed by atoms with E-state index in [9.17, 15) is 0 Å². The predicted octanol–water partition coefficient (Wildman–Crippen LogP) is 7.59. The van der Waals surface area contributed by atoms with Crippen molar-refractivity contribution in [1.29, 1.82) is 0 Å². The van der Waals surface area contributed by atoms with Crippen LogP contribution in [0.25, 0.3) is 0 Å². The van der Waals surface area contributed by atoms with Crippen LogP contribution in [0.1, 0.15) is 17.2 Å². The molecule has 0 radical (unpaired) electrons. The summed E-state index contributed by atoms with van der Waals surface area (Å²) in [5.74, 6) is 0.854. The zero-order valence-corrected chi connectivity index (χ0v) is 21.3. The summed E-state index contributed by atoms with van der Waals surface area (Å²) in [6, 6.07) is 22.6.